The highest BCUT2D eigenvalue weighted by atomic mass is 35.5. The lowest BCUT2D eigenvalue weighted by Gasteiger charge is -2.32. The van der Waals surface area contributed by atoms with Crippen molar-refractivity contribution in [2.24, 2.45) is 0 Å². The van der Waals surface area contributed by atoms with E-state index in [1.54, 1.807) is 0 Å². The smallest absolute Gasteiger partial charge is 0.161 e. The van der Waals surface area contributed by atoms with E-state index in [2.05, 4.69) is 17.0 Å². The van der Waals surface area contributed by atoms with Gasteiger partial charge in [-0.25, -0.2) is 9.97 Å². The Morgan fingerprint density at radius 1 is 0.793 bits per heavy atom. The molecule has 2 heterocycles. The molecule has 0 amide bonds. The Hall–Kier alpha value is -3.37. The van der Waals surface area contributed by atoms with Crippen molar-refractivity contribution < 1.29 is 4.74 Å². The summed E-state index contributed by atoms with van der Waals surface area (Å²) in [5, 5.41) is 2.85. The topological polar surface area (TPSA) is 38.2 Å². The zero-order valence-corrected chi connectivity index (χ0v) is 16.2. The van der Waals surface area contributed by atoms with E-state index in [0.29, 0.717) is 18.3 Å². The monoisotopic (exact) mass is 397 g/mol. The number of hydrogen-bond acceptors (Lipinski definition) is 4. The minimum atomic E-state index is 0.462. The van der Waals surface area contributed by atoms with Crippen LogP contribution in [0.3, 0.4) is 0 Å². The molecular formula is C24H16ClN3O. The number of hydrogen-bond donors (Lipinski definition) is 0. The lowest BCUT2D eigenvalue weighted by atomic mass is 10.0. The van der Waals surface area contributed by atoms with E-state index in [1.165, 1.54) is 0 Å². The molecule has 6 rings (SSSR count). The number of para-hydroxylation sites is 2. The molecule has 0 atom stereocenters. The minimum Gasteiger partial charge on any atom is -0.472 e. The second-order valence-corrected chi connectivity index (χ2v) is 7.65. The standard InChI is InChI=1S/C24H16ClN3O/c25-15-6-5-7-16(12-15)28-13-19-23-22(26-20-10-3-4-11-21(20)27-23)17-8-1-2-9-18(17)24(19)29-14-28/h1-12H,13-14H2. The average molecular weight is 398 g/mol. The van der Waals surface area contributed by atoms with Crippen molar-refractivity contribution >= 4 is 50.1 Å². The number of fused-ring (bicyclic) bond motifs is 7. The molecule has 0 spiro atoms. The highest BCUT2D eigenvalue weighted by molar-refractivity contribution is 6.30. The van der Waals surface area contributed by atoms with Crippen LogP contribution >= 0.6 is 11.6 Å². The molecule has 5 aromatic rings. The quantitative estimate of drug-likeness (QED) is 0.259. The van der Waals surface area contributed by atoms with E-state index in [1.807, 2.05) is 60.7 Å². The highest BCUT2D eigenvalue weighted by Gasteiger charge is 2.25. The lowest BCUT2D eigenvalue weighted by Crippen LogP contribution is -2.32. The summed E-state index contributed by atoms with van der Waals surface area (Å²) in [6, 6.07) is 24.1. The van der Waals surface area contributed by atoms with E-state index in [9.17, 15) is 0 Å². The van der Waals surface area contributed by atoms with E-state index in [0.717, 1.165) is 49.8 Å². The van der Waals surface area contributed by atoms with Crippen LogP contribution in [0.4, 0.5) is 5.69 Å². The normalized spacial score (nSPS) is 13.6. The molecule has 5 heteroatoms. The molecule has 0 bridgehead atoms. The van der Waals surface area contributed by atoms with E-state index in [4.69, 9.17) is 26.3 Å². The van der Waals surface area contributed by atoms with Gasteiger partial charge in [0, 0.05) is 27.0 Å². The van der Waals surface area contributed by atoms with Gasteiger partial charge in [-0.2, -0.15) is 0 Å². The summed E-state index contributed by atoms with van der Waals surface area (Å²) < 4.78 is 6.28. The molecule has 1 aliphatic rings. The van der Waals surface area contributed by atoms with E-state index >= 15 is 0 Å². The van der Waals surface area contributed by atoms with Gasteiger partial charge in [-0.05, 0) is 30.3 Å². The zero-order chi connectivity index (χ0) is 19.4. The summed E-state index contributed by atoms with van der Waals surface area (Å²) in [5.74, 6) is 0.899. The molecule has 0 fully saturated rings. The number of benzene rings is 4. The first-order chi connectivity index (χ1) is 14.3. The summed E-state index contributed by atoms with van der Waals surface area (Å²) in [6.45, 7) is 1.15. The molecular weight excluding hydrogens is 382 g/mol. The molecule has 4 nitrogen and oxygen atoms in total. The highest BCUT2D eigenvalue weighted by Crippen LogP contribution is 2.40. The molecule has 4 aromatic carbocycles. The number of halogens is 1. The van der Waals surface area contributed by atoms with Gasteiger partial charge in [0.25, 0.3) is 0 Å². The van der Waals surface area contributed by atoms with Crippen LogP contribution in [0, 0.1) is 0 Å². The number of anilines is 1. The maximum atomic E-state index is 6.28. The van der Waals surface area contributed by atoms with Crippen molar-refractivity contribution in [1.82, 2.24) is 9.97 Å². The summed E-state index contributed by atoms with van der Waals surface area (Å²) >= 11 is 6.21. The second-order valence-electron chi connectivity index (χ2n) is 7.21. The molecule has 0 radical (unpaired) electrons. The maximum absolute atomic E-state index is 6.28. The van der Waals surface area contributed by atoms with Crippen LogP contribution in [-0.2, 0) is 6.54 Å². The Labute approximate surface area is 172 Å². The third kappa shape index (κ3) is 2.60. The van der Waals surface area contributed by atoms with Crippen molar-refractivity contribution in [2.75, 3.05) is 11.6 Å². The van der Waals surface area contributed by atoms with Gasteiger partial charge >= 0.3 is 0 Å². The van der Waals surface area contributed by atoms with Crippen molar-refractivity contribution in [3.63, 3.8) is 0 Å². The molecule has 0 aliphatic carbocycles. The Balaban J connectivity index is 1.64. The third-order valence-corrected chi connectivity index (χ3v) is 5.68. The van der Waals surface area contributed by atoms with Crippen LogP contribution in [0.15, 0.2) is 72.8 Å². The van der Waals surface area contributed by atoms with Crippen molar-refractivity contribution in [3.8, 4) is 5.75 Å². The predicted molar refractivity (Wildman–Crippen MR) is 118 cm³/mol. The van der Waals surface area contributed by atoms with Crippen LogP contribution in [0.1, 0.15) is 5.56 Å². The molecule has 0 saturated heterocycles. The van der Waals surface area contributed by atoms with E-state index in [-0.39, 0.29) is 0 Å². The fourth-order valence-corrected chi connectivity index (χ4v) is 4.27. The van der Waals surface area contributed by atoms with Gasteiger partial charge in [-0.15, -0.1) is 0 Å². The zero-order valence-electron chi connectivity index (χ0n) is 15.5. The first-order valence-electron chi connectivity index (χ1n) is 9.51. The van der Waals surface area contributed by atoms with Crippen LogP contribution < -0.4 is 9.64 Å². The molecule has 1 aliphatic heterocycles. The number of ether oxygens (including phenoxy) is 1. The molecule has 0 N–H and O–H groups in total. The maximum Gasteiger partial charge on any atom is 0.161 e. The van der Waals surface area contributed by atoms with Crippen LogP contribution in [-0.4, -0.2) is 16.7 Å². The number of aromatic nitrogens is 2. The Morgan fingerprint density at radius 2 is 1.52 bits per heavy atom. The second kappa shape index (κ2) is 6.33. The van der Waals surface area contributed by atoms with E-state index < -0.39 is 0 Å². The summed E-state index contributed by atoms with van der Waals surface area (Å²) in [5.41, 5.74) is 5.67. The fourth-order valence-electron chi connectivity index (χ4n) is 4.09. The molecule has 140 valence electrons. The summed E-state index contributed by atoms with van der Waals surface area (Å²) in [6.07, 6.45) is 0. The van der Waals surface area contributed by atoms with Gasteiger partial charge in [-0.1, -0.05) is 54.1 Å². The summed E-state index contributed by atoms with van der Waals surface area (Å²) in [7, 11) is 0. The van der Waals surface area contributed by atoms with Crippen LogP contribution in [0.2, 0.25) is 5.02 Å². The van der Waals surface area contributed by atoms with Crippen molar-refractivity contribution in [2.45, 2.75) is 6.54 Å². The molecule has 0 unspecified atom stereocenters. The third-order valence-electron chi connectivity index (χ3n) is 5.44. The van der Waals surface area contributed by atoms with Gasteiger partial charge in [0.1, 0.15) is 5.75 Å². The van der Waals surface area contributed by atoms with Crippen LogP contribution in [0.25, 0.3) is 32.8 Å². The first-order valence-corrected chi connectivity index (χ1v) is 9.89. The van der Waals surface area contributed by atoms with Crippen molar-refractivity contribution in [1.29, 1.82) is 0 Å². The van der Waals surface area contributed by atoms with Gasteiger partial charge in [0.2, 0.25) is 0 Å². The fraction of sp³-hybridized carbons (Fsp3) is 0.0833. The lowest BCUT2D eigenvalue weighted by molar-refractivity contribution is 0.294. The number of rotatable bonds is 1. The van der Waals surface area contributed by atoms with Gasteiger partial charge in [0.15, 0.2) is 6.73 Å². The Morgan fingerprint density at radius 3 is 2.31 bits per heavy atom. The predicted octanol–water partition coefficient (Wildman–Crippen LogP) is 5.95. The largest absolute Gasteiger partial charge is 0.472 e. The van der Waals surface area contributed by atoms with Crippen molar-refractivity contribution in [3.05, 3.63) is 83.4 Å². The summed E-state index contributed by atoms with van der Waals surface area (Å²) in [4.78, 5) is 12.1. The SMILES string of the molecule is Clc1cccc(N2COc3c(c4nc5ccccc5nc4c4ccccc34)C2)c1. The van der Waals surface area contributed by atoms with Gasteiger partial charge < -0.3 is 9.64 Å². The molecule has 29 heavy (non-hydrogen) atoms. The van der Waals surface area contributed by atoms with Gasteiger partial charge in [-0.3, -0.25) is 0 Å². The Bertz CT molecular complexity index is 1420. The number of nitrogens with zero attached hydrogens (tertiary/aromatic N) is 3. The van der Waals surface area contributed by atoms with Gasteiger partial charge in [0.05, 0.1) is 28.6 Å². The Kier molecular flexibility index (Phi) is 3.61. The van der Waals surface area contributed by atoms with Crippen LogP contribution in [0.5, 0.6) is 5.75 Å². The first kappa shape index (κ1) is 16.6. The average Bonchev–Trinajstić information content (AvgIpc) is 2.78. The molecule has 1 aromatic heterocycles. The molecule has 0 saturated carbocycles. The minimum absolute atomic E-state index is 0.462.